The van der Waals surface area contributed by atoms with Gasteiger partial charge >= 0.3 is 0 Å². The minimum Gasteiger partial charge on any atom is -0.324 e. The van der Waals surface area contributed by atoms with Crippen LogP contribution >= 0.6 is 34.8 Å². The number of hydrazine groups is 1. The van der Waals surface area contributed by atoms with E-state index in [0.29, 0.717) is 68.0 Å². The monoisotopic (exact) mass is 839 g/mol. The van der Waals surface area contributed by atoms with Crippen LogP contribution in [0.15, 0.2) is 122 Å². The Hall–Kier alpha value is -6.07. The van der Waals surface area contributed by atoms with E-state index in [9.17, 15) is 4.39 Å². The van der Waals surface area contributed by atoms with Crippen LogP contribution in [0.25, 0.3) is 55.7 Å². The highest BCUT2D eigenvalue weighted by Gasteiger charge is 2.29. The summed E-state index contributed by atoms with van der Waals surface area (Å²) in [5.41, 5.74) is 7.86. The zero-order chi connectivity index (χ0) is 40.8. The maximum absolute atomic E-state index is 14.4. The molecule has 4 aromatic carbocycles. The van der Waals surface area contributed by atoms with Gasteiger partial charge in [-0.05, 0) is 98.6 Å². The molecule has 0 bridgehead atoms. The molecule has 9 rings (SSSR count). The van der Waals surface area contributed by atoms with Crippen molar-refractivity contribution in [3.8, 4) is 22.8 Å². The Morgan fingerprint density at radius 3 is 1.92 bits per heavy atom. The van der Waals surface area contributed by atoms with E-state index in [-0.39, 0.29) is 5.82 Å². The van der Waals surface area contributed by atoms with Crippen LogP contribution < -0.4 is 10.0 Å². The van der Waals surface area contributed by atoms with Gasteiger partial charge in [0.15, 0.2) is 11.6 Å². The summed E-state index contributed by atoms with van der Waals surface area (Å²) < 4.78 is 18.6. The van der Waals surface area contributed by atoms with Crippen LogP contribution in [0.3, 0.4) is 0 Å². The molecule has 0 aliphatic rings. The van der Waals surface area contributed by atoms with Gasteiger partial charge < -0.3 is 9.13 Å². The number of rotatable bonds is 11. The van der Waals surface area contributed by atoms with Crippen LogP contribution in [0, 0.1) is 12.7 Å². The van der Waals surface area contributed by atoms with Gasteiger partial charge in [0.2, 0.25) is 0 Å². The molecule has 0 N–H and O–H groups in total. The van der Waals surface area contributed by atoms with Crippen molar-refractivity contribution in [3.05, 3.63) is 148 Å². The third kappa shape index (κ3) is 7.11. The van der Waals surface area contributed by atoms with Gasteiger partial charge in [-0.3, -0.25) is 4.98 Å². The topological polar surface area (TPSA) is 80.8 Å². The summed E-state index contributed by atoms with van der Waals surface area (Å²) in [6.45, 7) is 7.57. The molecule has 0 amide bonds. The number of benzene rings is 4. The maximum atomic E-state index is 14.4. The Bertz CT molecular complexity index is 3020. The van der Waals surface area contributed by atoms with Crippen LogP contribution in [-0.2, 0) is 13.1 Å². The summed E-state index contributed by atoms with van der Waals surface area (Å²) >= 11 is 21.5. The predicted molar refractivity (Wildman–Crippen MR) is 239 cm³/mol. The van der Waals surface area contributed by atoms with Gasteiger partial charge in [-0.25, -0.2) is 34.3 Å². The number of hydrogen-bond donors (Lipinski definition) is 0. The minimum atomic E-state index is -0.324. The number of aromatic nitrogens is 7. The molecule has 0 fully saturated rings. The molecular weight excluding hydrogens is 804 g/mol. The number of fused-ring (bicyclic) bond motifs is 3. The fourth-order valence-corrected chi connectivity index (χ4v) is 8.30. The lowest BCUT2D eigenvalue weighted by atomic mass is 10.1. The molecular formula is C46H37Cl3FN9. The van der Waals surface area contributed by atoms with E-state index < -0.39 is 0 Å². The lowest BCUT2D eigenvalue weighted by Gasteiger charge is -2.37. The molecule has 294 valence electrons. The number of pyridine rings is 3. The fraction of sp³-hybridized carbons (Fsp3) is 0.152. The molecule has 59 heavy (non-hydrogen) atoms. The Kier molecular flexibility index (Phi) is 10.4. The summed E-state index contributed by atoms with van der Waals surface area (Å²) in [5.74, 6) is 1.87. The first-order valence-electron chi connectivity index (χ1n) is 19.4. The zero-order valence-electron chi connectivity index (χ0n) is 32.4. The molecule has 0 radical (unpaired) electrons. The second kappa shape index (κ2) is 15.9. The minimum absolute atomic E-state index is 0.324. The van der Waals surface area contributed by atoms with Crippen LogP contribution in [0.4, 0.5) is 27.4 Å². The SMILES string of the molecule is CCCn1c(-c2cnc(N(c3ccc(C)cc3)N(c3ccc4ncccc4c3)c3ncc(-c4nc5cccc(Cl)c5n4CCC)cc3Cl)c(Cl)c2)nc2ccc(F)cc21. The number of imidazole rings is 2. The zero-order valence-corrected chi connectivity index (χ0v) is 34.7. The number of anilines is 4. The molecule has 0 unspecified atom stereocenters. The van der Waals surface area contributed by atoms with Gasteiger partial charge in [-0.15, -0.1) is 0 Å². The first-order chi connectivity index (χ1) is 28.7. The van der Waals surface area contributed by atoms with E-state index in [4.69, 9.17) is 54.7 Å². The van der Waals surface area contributed by atoms with Gasteiger partial charge in [-0.1, -0.05) is 78.5 Å². The van der Waals surface area contributed by atoms with Gasteiger partial charge in [0.1, 0.15) is 17.5 Å². The lowest BCUT2D eigenvalue weighted by Crippen LogP contribution is -2.37. The Balaban J connectivity index is 1.24. The van der Waals surface area contributed by atoms with Crippen LogP contribution in [0.2, 0.25) is 15.1 Å². The van der Waals surface area contributed by atoms with Crippen molar-refractivity contribution in [2.24, 2.45) is 0 Å². The smallest absolute Gasteiger partial charge is 0.171 e. The third-order valence-corrected chi connectivity index (χ3v) is 11.1. The average Bonchev–Trinajstić information content (AvgIpc) is 3.79. The van der Waals surface area contributed by atoms with E-state index in [1.807, 2.05) is 106 Å². The summed E-state index contributed by atoms with van der Waals surface area (Å²) in [7, 11) is 0. The molecule has 0 atom stereocenters. The van der Waals surface area contributed by atoms with Crippen LogP contribution in [-0.4, -0.2) is 34.1 Å². The fourth-order valence-electron chi connectivity index (χ4n) is 7.53. The Morgan fingerprint density at radius 2 is 1.22 bits per heavy atom. The molecule has 9 aromatic rings. The molecule has 5 aromatic heterocycles. The maximum Gasteiger partial charge on any atom is 0.171 e. The van der Waals surface area contributed by atoms with E-state index >= 15 is 0 Å². The summed E-state index contributed by atoms with van der Waals surface area (Å²) in [6, 6.07) is 32.0. The highest BCUT2D eigenvalue weighted by molar-refractivity contribution is 6.35. The molecule has 9 nitrogen and oxygen atoms in total. The molecule has 0 aliphatic heterocycles. The summed E-state index contributed by atoms with van der Waals surface area (Å²) in [5, 5.41) is 6.07. The standard InChI is InChI=1S/C46H37Cl3FN9/c1-4-20-56-41-25-32(50)13-17-39(41)54-43(56)30-23-36(48)45(52-26-30)58(33-14-11-28(3)12-15-33)59(34-16-18-38-29(22-34)8-7-19-51-38)46-37(49)24-31(27-53-46)44-55-40-10-6-9-35(47)42(40)57(44)21-5-2/h6-19,22-27H,4-5,20-21H2,1-3H3. The van der Waals surface area contributed by atoms with Gasteiger partial charge in [0.05, 0.1) is 54.0 Å². The first-order valence-corrected chi connectivity index (χ1v) is 20.5. The van der Waals surface area contributed by atoms with E-state index in [1.165, 1.54) is 12.1 Å². The van der Waals surface area contributed by atoms with Crippen LogP contribution in [0.5, 0.6) is 0 Å². The second-order valence-corrected chi connectivity index (χ2v) is 15.5. The van der Waals surface area contributed by atoms with E-state index in [2.05, 4.69) is 23.4 Å². The van der Waals surface area contributed by atoms with Crippen molar-refractivity contribution in [1.82, 2.24) is 34.1 Å². The van der Waals surface area contributed by atoms with Gasteiger partial charge in [0.25, 0.3) is 0 Å². The second-order valence-electron chi connectivity index (χ2n) is 14.3. The Labute approximate surface area is 355 Å². The number of para-hydroxylation sites is 1. The molecule has 13 heteroatoms. The van der Waals surface area contributed by atoms with E-state index in [0.717, 1.165) is 57.3 Å². The number of aryl methyl sites for hydroxylation is 3. The van der Waals surface area contributed by atoms with Crippen molar-refractivity contribution < 1.29 is 4.39 Å². The first kappa shape index (κ1) is 38.4. The molecule has 0 saturated heterocycles. The normalized spacial score (nSPS) is 11.6. The molecule has 0 spiro atoms. The third-order valence-electron chi connectivity index (χ3n) is 10.2. The highest BCUT2D eigenvalue weighted by Crippen LogP contribution is 2.43. The molecule has 5 heterocycles. The lowest BCUT2D eigenvalue weighted by molar-refractivity contribution is 0.627. The molecule has 0 saturated carbocycles. The summed E-state index contributed by atoms with van der Waals surface area (Å²) in [6.07, 6.45) is 7.00. The largest absolute Gasteiger partial charge is 0.324 e. The van der Waals surface area contributed by atoms with Crippen molar-refractivity contribution in [2.45, 2.75) is 46.7 Å². The number of hydrogen-bond acceptors (Lipinski definition) is 7. The van der Waals surface area contributed by atoms with Gasteiger partial charge in [-0.2, -0.15) is 0 Å². The number of halogens is 4. The quantitative estimate of drug-likeness (QED) is 0.120. The van der Waals surface area contributed by atoms with Crippen molar-refractivity contribution >= 4 is 90.8 Å². The summed E-state index contributed by atoms with van der Waals surface area (Å²) in [4.78, 5) is 24.6. The van der Waals surface area contributed by atoms with Crippen molar-refractivity contribution in [2.75, 3.05) is 10.0 Å². The number of nitrogens with zero attached hydrogens (tertiary/aromatic N) is 9. The highest BCUT2D eigenvalue weighted by atomic mass is 35.5. The van der Waals surface area contributed by atoms with E-state index in [1.54, 1.807) is 24.7 Å². The van der Waals surface area contributed by atoms with Crippen molar-refractivity contribution in [3.63, 3.8) is 0 Å². The van der Waals surface area contributed by atoms with Gasteiger partial charge in [0, 0.05) is 48.2 Å². The predicted octanol–water partition coefficient (Wildman–Crippen LogP) is 13.2. The Morgan fingerprint density at radius 1 is 0.593 bits per heavy atom. The molecule has 0 aliphatic carbocycles. The van der Waals surface area contributed by atoms with Crippen LogP contribution in [0.1, 0.15) is 32.3 Å². The average molecular weight is 841 g/mol. The van der Waals surface area contributed by atoms with Crippen molar-refractivity contribution in [1.29, 1.82) is 0 Å².